The van der Waals surface area contributed by atoms with Crippen molar-refractivity contribution < 1.29 is 27.5 Å². The largest absolute Gasteiger partial charge is 0.455 e. The Morgan fingerprint density at radius 1 is 1.07 bits per heavy atom. The fourth-order valence-electron chi connectivity index (χ4n) is 3.05. The van der Waals surface area contributed by atoms with Crippen molar-refractivity contribution in [2.75, 3.05) is 18.4 Å². The number of nitrogens with zero attached hydrogens (tertiary/aromatic N) is 1. The molecule has 0 radical (unpaired) electrons. The van der Waals surface area contributed by atoms with E-state index in [0.717, 1.165) is 0 Å². The normalized spacial score (nSPS) is 16.4. The Hall–Kier alpha value is -3.23. The number of anilines is 1. The van der Waals surface area contributed by atoms with E-state index in [1.54, 1.807) is 36.4 Å². The van der Waals surface area contributed by atoms with E-state index >= 15 is 0 Å². The molecular weight excluding hydrogens is 387 g/mol. The summed E-state index contributed by atoms with van der Waals surface area (Å²) in [6.45, 7) is -1.15. The summed E-state index contributed by atoms with van der Waals surface area (Å²) in [7, 11) is 0. The van der Waals surface area contributed by atoms with Crippen molar-refractivity contribution in [1.82, 2.24) is 10.2 Å². The molecule has 0 bridgehead atoms. The average Bonchev–Trinajstić information content (AvgIpc) is 3.18. The van der Waals surface area contributed by atoms with Crippen LogP contribution in [-0.2, 0) is 4.79 Å². The number of hydrogen-bond acceptors (Lipinski definition) is 3. The summed E-state index contributed by atoms with van der Waals surface area (Å²) in [6, 6.07) is 14.3. The number of carbonyl (C=O) groups excluding carboxylic acids is 2. The molecule has 2 aromatic carbocycles. The van der Waals surface area contributed by atoms with E-state index in [1.165, 1.54) is 4.90 Å². The predicted molar refractivity (Wildman–Crippen MR) is 101 cm³/mol. The number of amides is 3. The first-order valence-electron chi connectivity index (χ1n) is 9.07. The second kappa shape index (κ2) is 8.85. The SMILES string of the molecule is O=C(NCC(F)(F)F)C1CCCN1C(=O)Nc1ccccc1Oc1ccccc1. The molecule has 2 aromatic rings. The van der Waals surface area contributed by atoms with Gasteiger partial charge in [0.15, 0.2) is 5.75 Å². The standard InChI is InChI=1S/C20H20F3N3O3/c21-20(22,23)13-24-18(27)16-10-6-12-26(16)19(28)25-15-9-4-5-11-17(15)29-14-7-2-1-3-8-14/h1-5,7-9,11,16H,6,10,12-13H2,(H,24,27)(H,25,28). The summed E-state index contributed by atoms with van der Waals surface area (Å²) in [6.07, 6.45) is -3.67. The molecular formula is C20H20F3N3O3. The van der Waals surface area contributed by atoms with Crippen LogP contribution in [0.1, 0.15) is 12.8 Å². The monoisotopic (exact) mass is 407 g/mol. The zero-order chi connectivity index (χ0) is 20.9. The number of benzene rings is 2. The van der Waals surface area contributed by atoms with E-state index in [0.29, 0.717) is 30.0 Å². The van der Waals surface area contributed by atoms with Crippen molar-refractivity contribution in [2.24, 2.45) is 0 Å². The maximum Gasteiger partial charge on any atom is 0.405 e. The van der Waals surface area contributed by atoms with Crippen LogP contribution in [0.3, 0.4) is 0 Å². The number of carbonyl (C=O) groups is 2. The second-order valence-electron chi connectivity index (χ2n) is 6.53. The Bertz CT molecular complexity index is 859. The van der Waals surface area contributed by atoms with Crippen molar-refractivity contribution in [2.45, 2.75) is 25.1 Å². The van der Waals surface area contributed by atoms with Crippen LogP contribution >= 0.6 is 0 Å². The summed E-state index contributed by atoms with van der Waals surface area (Å²) in [5, 5.41) is 4.54. The third-order valence-corrected chi connectivity index (χ3v) is 4.38. The number of likely N-dealkylation sites (tertiary alicyclic amines) is 1. The van der Waals surface area contributed by atoms with Gasteiger partial charge in [-0.25, -0.2) is 4.79 Å². The van der Waals surface area contributed by atoms with Gasteiger partial charge in [-0.05, 0) is 37.1 Å². The van der Waals surface area contributed by atoms with Gasteiger partial charge in [-0.2, -0.15) is 13.2 Å². The molecule has 1 unspecified atom stereocenters. The molecule has 0 saturated carbocycles. The first kappa shape index (κ1) is 20.5. The number of ether oxygens (including phenoxy) is 1. The molecule has 2 N–H and O–H groups in total. The van der Waals surface area contributed by atoms with Gasteiger partial charge in [0.25, 0.3) is 0 Å². The Balaban J connectivity index is 1.67. The molecule has 3 rings (SSSR count). The van der Waals surface area contributed by atoms with Gasteiger partial charge in [0, 0.05) is 6.54 Å². The molecule has 0 aliphatic carbocycles. The zero-order valence-corrected chi connectivity index (χ0v) is 15.4. The Labute approximate surface area is 165 Å². The lowest BCUT2D eigenvalue weighted by Gasteiger charge is -2.25. The molecule has 1 aliphatic heterocycles. The lowest BCUT2D eigenvalue weighted by Crippen LogP contribution is -2.49. The van der Waals surface area contributed by atoms with Crippen LogP contribution in [0, 0.1) is 0 Å². The smallest absolute Gasteiger partial charge is 0.405 e. The number of para-hydroxylation sites is 3. The number of alkyl halides is 3. The van der Waals surface area contributed by atoms with Crippen LogP contribution < -0.4 is 15.4 Å². The van der Waals surface area contributed by atoms with E-state index in [9.17, 15) is 22.8 Å². The van der Waals surface area contributed by atoms with Gasteiger partial charge >= 0.3 is 12.2 Å². The first-order valence-corrected chi connectivity index (χ1v) is 9.07. The highest BCUT2D eigenvalue weighted by Gasteiger charge is 2.36. The number of rotatable bonds is 5. The molecule has 3 amide bonds. The van der Waals surface area contributed by atoms with E-state index in [2.05, 4.69) is 5.32 Å². The van der Waals surface area contributed by atoms with Crippen LogP contribution in [0.2, 0.25) is 0 Å². The van der Waals surface area contributed by atoms with Crippen LogP contribution in [0.4, 0.5) is 23.7 Å². The summed E-state index contributed by atoms with van der Waals surface area (Å²) in [5.74, 6) is 0.174. The summed E-state index contributed by atoms with van der Waals surface area (Å²) in [4.78, 5) is 26.0. The van der Waals surface area contributed by atoms with Crippen LogP contribution in [0.5, 0.6) is 11.5 Å². The lowest BCUT2D eigenvalue weighted by molar-refractivity contribution is -0.140. The van der Waals surface area contributed by atoms with Crippen LogP contribution in [0.25, 0.3) is 0 Å². The summed E-state index contributed by atoms with van der Waals surface area (Å²) < 4.78 is 42.8. The van der Waals surface area contributed by atoms with Crippen molar-refractivity contribution in [3.8, 4) is 11.5 Å². The lowest BCUT2D eigenvalue weighted by atomic mass is 10.2. The van der Waals surface area contributed by atoms with Gasteiger partial charge in [-0.15, -0.1) is 0 Å². The Kier molecular flexibility index (Phi) is 6.26. The minimum Gasteiger partial charge on any atom is -0.455 e. The Morgan fingerprint density at radius 3 is 2.48 bits per heavy atom. The molecule has 1 saturated heterocycles. The highest BCUT2D eigenvalue weighted by atomic mass is 19.4. The second-order valence-corrected chi connectivity index (χ2v) is 6.53. The third kappa shape index (κ3) is 5.63. The molecule has 1 heterocycles. The van der Waals surface area contributed by atoms with Gasteiger partial charge in [-0.1, -0.05) is 30.3 Å². The highest BCUT2D eigenvalue weighted by molar-refractivity contribution is 5.95. The van der Waals surface area contributed by atoms with Crippen LogP contribution in [-0.4, -0.2) is 42.1 Å². The summed E-state index contributed by atoms with van der Waals surface area (Å²) in [5.41, 5.74) is 0.391. The molecule has 1 aliphatic rings. The molecule has 9 heteroatoms. The number of halogens is 3. The van der Waals surface area contributed by atoms with Gasteiger partial charge in [0.2, 0.25) is 5.91 Å². The molecule has 1 fully saturated rings. The van der Waals surface area contributed by atoms with Crippen LogP contribution in [0.15, 0.2) is 54.6 Å². The molecule has 29 heavy (non-hydrogen) atoms. The fourth-order valence-corrected chi connectivity index (χ4v) is 3.05. The minimum atomic E-state index is -4.50. The van der Waals surface area contributed by atoms with E-state index < -0.39 is 30.7 Å². The van der Waals surface area contributed by atoms with Gasteiger partial charge < -0.3 is 20.3 Å². The molecule has 0 spiro atoms. The van der Waals surface area contributed by atoms with E-state index in [-0.39, 0.29) is 6.54 Å². The summed E-state index contributed by atoms with van der Waals surface area (Å²) >= 11 is 0. The number of urea groups is 1. The van der Waals surface area contributed by atoms with Crippen molar-refractivity contribution in [3.05, 3.63) is 54.6 Å². The van der Waals surface area contributed by atoms with E-state index in [4.69, 9.17) is 4.74 Å². The molecule has 6 nitrogen and oxygen atoms in total. The number of nitrogens with one attached hydrogen (secondary N) is 2. The van der Waals surface area contributed by atoms with Crippen molar-refractivity contribution >= 4 is 17.6 Å². The molecule has 1 atom stereocenters. The van der Waals surface area contributed by atoms with E-state index in [1.807, 2.05) is 23.5 Å². The maximum atomic E-state index is 12.7. The Morgan fingerprint density at radius 2 is 1.76 bits per heavy atom. The molecule has 154 valence electrons. The highest BCUT2D eigenvalue weighted by Crippen LogP contribution is 2.30. The average molecular weight is 407 g/mol. The van der Waals surface area contributed by atoms with Gasteiger partial charge in [-0.3, -0.25) is 4.79 Å². The first-order chi connectivity index (χ1) is 13.8. The topological polar surface area (TPSA) is 70.7 Å². The minimum absolute atomic E-state index is 0.275. The van der Waals surface area contributed by atoms with Gasteiger partial charge in [0.1, 0.15) is 18.3 Å². The predicted octanol–water partition coefficient (Wildman–Crippen LogP) is 4.15. The number of hydrogen-bond donors (Lipinski definition) is 2. The zero-order valence-electron chi connectivity index (χ0n) is 15.4. The van der Waals surface area contributed by atoms with Crippen molar-refractivity contribution in [3.63, 3.8) is 0 Å². The third-order valence-electron chi connectivity index (χ3n) is 4.38. The quantitative estimate of drug-likeness (QED) is 0.782. The molecule has 0 aromatic heterocycles. The van der Waals surface area contributed by atoms with Crippen molar-refractivity contribution in [1.29, 1.82) is 0 Å². The fraction of sp³-hybridized carbons (Fsp3) is 0.300. The van der Waals surface area contributed by atoms with Gasteiger partial charge in [0.05, 0.1) is 5.69 Å². The maximum absolute atomic E-state index is 12.7.